The van der Waals surface area contributed by atoms with Gasteiger partial charge in [-0.05, 0) is 44.1 Å². The van der Waals surface area contributed by atoms with Crippen molar-refractivity contribution < 1.29 is 0 Å². The van der Waals surface area contributed by atoms with Crippen molar-refractivity contribution in [2.75, 3.05) is 24.5 Å². The van der Waals surface area contributed by atoms with Gasteiger partial charge in [0.2, 0.25) is 5.95 Å². The van der Waals surface area contributed by atoms with E-state index in [1.54, 1.807) is 0 Å². The van der Waals surface area contributed by atoms with Crippen molar-refractivity contribution in [1.29, 1.82) is 0 Å². The highest BCUT2D eigenvalue weighted by atomic mass is 15.4. The molecular formula is C12H21N5. The molecule has 1 atom stereocenters. The van der Waals surface area contributed by atoms with Crippen molar-refractivity contribution in [2.24, 2.45) is 17.6 Å². The Morgan fingerprint density at radius 2 is 2.18 bits per heavy atom. The molecule has 0 amide bonds. The van der Waals surface area contributed by atoms with Gasteiger partial charge in [0.15, 0.2) is 0 Å². The van der Waals surface area contributed by atoms with Crippen LogP contribution in [0.2, 0.25) is 0 Å². The zero-order valence-corrected chi connectivity index (χ0v) is 10.2. The van der Waals surface area contributed by atoms with Gasteiger partial charge >= 0.3 is 0 Å². The van der Waals surface area contributed by atoms with Crippen LogP contribution in [-0.4, -0.2) is 34.8 Å². The lowest BCUT2D eigenvalue weighted by Crippen LogP contribution is -2.39. The maximum Gasteiger partial charge on any atom is 0.244 e. The van der Waals surface area contributed by atoms with E-state index in [0.29, 0.717) is 5.92 Å². The van der Waals surface area contributed by atoms with E-state index in [-0.39, 0.29) is 0 Å². The van der Waals surface area contributed by atoms with Crippen LogP contribution in [-0.2, 0) is 6.42 Å². The predicted octanol–water partition coefficient (Wildman–Crippen LogP) is 0.932. The molecule has 5 nitrogen and oxygen atoms in total. The largest absolute Gasteiger partial charge is 0.339 e. The number of hydrogen-bond acceptors (Lipinski definition) is 4. The molecule has 3 N–H and O–H groups in total. The Kier molecular flexibility index (Phi) is 3.01. The number of anilines is 1. The van der Waals surface area contributed by atoms with E-state index >= 15 is 0 Å². The molecule has 1 aromatic heterocycles. The molecule has 1 aliphatic heterocycles. The second-order valence-corrected chi connectivity index (χ2v) is 5.42. The molecule has 0 aromatic carbocycles. The number of rotatable bonds is 4. The summed E-state index contributed by atoms with van der Waals surface area (Å²) in [5.41, 5.74) is 5.75. The first kappa shape index (κ1) is 11.0. The summed E-state index contributed by atoms with van der Waals surface area (Å²) in [4.78, 5) is 6.87. The zero-order chi connectivity index (χ0) is 11.7. The summed E-state index contributed by atoms with van der Waals surface area (Å²) in [6, 6.07) is 0. The van der Waals surface area contributed by atoms with Crippen LogP contribution in [0, 0.1) is 11.8 Å². The van der Waals surface area contributed by atoms with Gasteiger partial charge in [-0.1, -0.05) is 0 Å². The quantitative estimate of drug-likeness (QED) is 0.814. The van der Waals surface area contributed by atoms with Gasteiger partial charge in [-0.15, -0.1) is 5.10 Å². The topological polar surface area (TPSA) is 70.8 Å². The fourth-order valence-corrected chi connectivity index (χ4v) is 2.55. The molecule has 5 heteroatoms. The van der Waals surface area contributed by atoms with E-state index < -0.39 is 0 Å². The van der Waals surface area contributed by atoms with Gasteiger partial charge in [-0.2, -0.15) is 4.98 Å². The number of piperidine rings is 1. The lowest BCUT2D eigenvalue weighted by Gasteiger charge is -2.31. The number of nitrogens with one attached hydrogen (secondary N) is 1. The van der Waals surface area contributed by atoms with Crippen LogP contribution >= 0.6 is 0 Å². The molecule has 1 aliphatic carbocycles. The number of nitrogens with zero attached hydrogens (tertiary/aromatic N) is 3. The summed E-state index contributed by atoms with van der Waals surface area (Å²) in [5.74, 6) is 3.39. The second kappa shape index (κ2) is 4.64. The highest BCUT2D eigenvalue weighted by Crippen LogP contribution is 2.32. The van der Waals surface area contributed by atoms with E-state index in [1.165, 1.54) is 25.7 Å². The maximum absolute atomic E-state index is 5.75. The highest BCUT2D eigenvalue weighted by molar-refractivity contribution is 5.29. The van der Waals surface area contributed by atoms with Crippen molar-refractivity contribution in [1.82, 2.24) is 15.2 Å². The standard InChI is InChI=1S/C12H21N5/c13-7-10-2-1-5-17(8-10)12-14-11(15-16-12)6-9-3-4-9/h9-10H,1-8,13H2,(H,14,15,16). The van der Waals surface area contributed by atoms with Crippen LogP contribution in [0.25, 0.3) is 0 Å². The fraction of sp³-hybridized carbons (Fsp3) is 0.833. The first-order valence-electron chi connectivity index (χ1n) is 6.71. The van der Waals surface area contributed by atoms with Crippen molar-refractivity contribution in [2.45, 2.75) is 32.1 Å². The molecule has 2 fully saturated rings. The Balaban J connectivity index is 1.63. The van der Waals surface area contributed by atoms with Crippen molar-refractivity contribution in [3.8, 4) is 0 Å². The Bertz CT molecular complexity index is 371. The third-order valence-corrected chi connectivity index (χ3v) is 3.83. The third-order valence-electron chi connectivity index (χ3n) is 3.83. The molecule has 0 bridgehead atoms. The Labute approximate surface area is 102 Å². The average Bonchev–Trinajstić information content (AvgIpc) is 3.05. The van der Waals surface area contributed by atoms with Gasteiger partial charge in [0.05, 0.1) is 0 Å². The average molecular weight is 235 g/mol. The van der Waals surface area contributed by atoms with Crippen molar-refractivity contribution in [3.63, 3.8) is 0 Å². The minimum Gasteiger partial charge on any atom is -0.339 e. The summed E-state index contributed by atoms with van der Waals surface area (Å²) in [6.45, 7) is 2.85. The summed E-state index contributed by atoms with van der Waals surface area (Å²) < 4.78 is 0. The fourth-order valence-electron chi connectivity index (χ4n) is 2.55. The van der Waals surface area contributed by atoms with E-state index in [4.69, 9.17) is 5.73 Å². The molecule has 0 radical (unpaired) electrons. The molecule has 1 saturated carbocycles. The first-order chi connectivity index (χ1) is 8.35. The number of H-pyrrole nitrogens is 1. The van der Waals surface area contributed by atoms with E-state index in [2.05, 4.69) is 20.1 Å². The molecule has 94 valence electrons. The second-order valence-electron chi connectivity index (χ2n) is 5.42. The summed E-state index contributed by atoms with van der Waals surface area (Å²) >= 11 is 0. The molecule has 3 rings (SSSR count). The number of aromatic amines is 1. The van der Waals surface area contributed by atoms with Gasteiger partial charge in [0.1, 0.15) is 5.82 Å². The van der Waals surface area contributed by atoms with Crippen molar-refractivity contribution >= 4 is 5.95 Å². The van der Waals surface area contributed by atoms with Crippen LogP contribution in [0.5, 0.6) is 0 Å². The summed E-state index contributed by atoms with van der Waals surface area (Å²) in [5, 5.41) is 7.41. The summed E-state index contributed by atoms with van der Waals surface area (Å²) in [7, 11) is 0. The predicted molar refractivity (Wildman–Crippen MR) is 66.8 cm³/mol. The number of hydrogen-bond donors (Lipinski definition) is 2. The molecular weight excluding hydrogens is 214 g/mol. The number of aromatic nitrogens is 3. The van der Waals surface area contributed by atoms with Crippen LogP contribution in [0.15, 0.2) is 0 Å². The lowest BCUT2D eigenvalue weighted by molar-refractivity contribution is 0.419. The lowest BCUT2D eigenvalue weighted by atomic mass is 9.99. The van der Waals surface area contributed by atoms with Crippen LogP contribution in [0.4, 0.5) is 5.95 Å². The van der Waals surface area contributed by atoms with Gasteiger partial charge < -0.3 is 10.6 Å². The molecule has 17 heavy (non-hydrogen) atoms. The van der Waals surface area contributed by atoms with Gasteiger partial charge in [0, 0.05) is 19.5 Å². The van der Waals surface area contributed by atoms with Crippen molar-refractivity contribution in [3.05, 3.63) is 5.82 Å². The number of nitrogens with two attached hydrogens (primary N) is 1. The zero-order valence-electron chi connectivity index (χ0n) is 10.2. The van der Waals surface area contributed by atoms with Gasteiger partial charge in [0.25, 0.3) is 0 Å². The van der Waals surface area contributed by atoms with Crippen LogP contribution < -0.4 is 10.6 Å². The molecule has 2 aliphatic rings. The smallest absolute Gasteiger partial charge is 0.244 e. The van der Waals surface area contributed by atoms with Crippen LogP contribution in [0.1, 0.15) is 31.5 Å². The Morgan fingerprint density at radius 3 is 2.94 bits per heavy atom. The molecule has 1 aromatic rings. The minimum atomic E-state index is 0.606. The molecule has 2 heterocycles. The SMILES string of the molecule is NCC1CCCN(c2n[nH]c(CC3CC3)n2)C1. The maximum atomic E-state index is 5.75. The molecule has 1 saturated heterocycles. The van der Waals surface area contributed by atoms with E-state index in [9.17, 15) is 0 Å². The Morgan fingerprint density at radius 1 is 1.29 bits per heavy atom. The minimum absolute atomic E-state index is 0.606. The monoisotopic (exact) mass is 235 g/mol. The summed E-state index contributed by atoms with van der Waals surface area (Å²) in [6.07, 6.45) is 6.23. The first-order valence-corrected chi connectivity index (χ1v) is 6.71. The molecule has 1 unspecified atom stereocenters. The van der Waals surface area contributed by atoms with E-state index in [0.717, 1.165) is 43.7 Å². The normalized spacial score (nSPS) is 25.2. The molecule has 0 spiro atoms. The van der Waals surface area contributed by atoms with Gasteiger partial charge in [-0.25, -0.2) is 0 Å². The van der Waals surface area contributed by atoms with E-state index in [1.807, 2.05) is 0 Å². The van der Waals surface area contributed by atoms with Gasteiger partial charge in [-0.3, -0.25) is 5.10 Å². The highest BCUT2D eigenvalue weighted by Gasteiger charge is 2.25. The Hall–Kier alpha value is -1.10. The van der Waals surface area contributed by atoms with Crippen LogP contribution in [0.3, 0.4) is 0 Å². The third kappa shape index (κ3) is 2.60.